The average Bonchev–Trinajstić information content (AvgIpc) is 0.804. The van der Waals surface area contributed by atoms with Crippen LogP contribution >= 0.6 is 0 Å². The molecule has 0 radical (unpaired) electrons. The van der Waals surface area contributed by atoms with E-state index in [4.69, 9.17) is 18.9 Å². The van der Waals surface area contributed by atoms with Gasteiger partial charge in [0.05, 0.1) is 26.4 Å². The minimum Gasteiger partial charge on any atom is -0.449 e. The van der Waals surface area contributed by atoms with Crippen LogP contribution in [0.25, 0.3) is 0 Å². The zero-order valence-electron chi connectivity index (χ0n) is 96.4. The van der Waals surface area contributed by atoms with E-state index in [1.807, 2.05) is 0 Å². The lowest BCUT2D eigenvalue weighted by Gasteiger charge is -2.46. The summed E-state index contributed by atoms with van der Waals surface area (Å²) >= 11 is 0. The number of amides is 8. The molecule has 8 amide bonds. The molecule has 0 aromatic carbocycles. The molecule has 10 N–H and O–H groups in total. The van der Waals surface area contributed by atoms with Gasteiger partial charge in [0.2, 0.25) is 5.95 Å². The number of carbonyl (C=O) groups is 6. The van der Waals surface area contributed by atoms with Crippen LogP contribution in [0, 0.1) is 71.0 Å². The van der Waals surface area contributed by atoms with Crippen LogP contribution in [0.1, 0.15) is 557 Å². The highest BCUT2D eigenvalue weighted by Crippen LogP contribution is 2.49. The number of urea groups is 2. The monoisotopic (exact) mass is 2030 g/mol. The number of hydrogen-bond donors (Lipinski definition) is 10. The Labute approximate surface area is 879 Å². The summed E-state index contributed by atoms with van der Waals surface area (Å²) in [7, 11) is 1.64. The van der Waals surface area contributed by atoms with E-state index in [1.54, 1.807) is 27.8 Å². The Balaban J connectivity index is 0.000000560. The van der Waals surface area contributed by atoms with Crippen LogP contribution in [0.4, 0.5) is 34.7 Å². The van der Waals surface area contributed by atoms with E-state index in [-0.39, 0.29) is 98.6 Å². The number of ether oxygens (including phenoxy) is 4. The third-order valence-corrected chi connectivity index (χ3v) is 30.7. The van der Waals surface area contributed by atoms with E-state index in [1.165, 1.54) is 353 Å². The first-order valence-corrected chi connectivity index (χ1v) is 59.8. The molecule has 24 nitrogen and oxygen atoms in total. The van der Waals surface area contributed by atoms with Crippen molar-refractivity contribution in [1.29, 1.82) is 0 Å². The van der Waals surface area contributed by atoms with Crippen molar-refractivity contribution in [2.45, 2.75) is 579 Å². The summed E-state index contributed by atoms with van der Waals surface area (Å²) < 4.78 is 23.2. The number of aromatic nitrogens is 4. The Hall–Kier alpha value is -6.62. The molecule has 3 aliphatic rings. The van der Waals surface area contributed by atoms with E-state index in [0.29, 0.717) is 86.4 Å². The van der Waals surface area contributed by atoms with Crippen LogP contribution in [-0.2, 0) is 25.4 Å². The largest absolute Gasteiger partial charge is 0.449 e. The fraction of sp³-hybridized carbons (Fsp3) is 0.883. The molecule has 836 valence electrons. The molecule has 144 heavy (non-hydrogen) atoms. The van der Waals surface area contributed by atoms with Gasteiger partial charge in [0, 0.05) is 74.2 Å². The molecule has 2 aromatic rings. The Kier molecular flexibility index (Phi) is 71.8. The quantitative estimate of drug-likeness (QED) is 0.0217. The lowest BCUT2D eigenvalue weighted by atomic mass is 9.62. The summed E-state index contributed by atoms with van der Waals surface area (Å²) in [5.74, 6) is 1.99. The van der Waals surface area contributed by atoms with E-state index in [9.17, 15) is 38.4 Å². The van der Waals surface area contributed by atoms with Gasteiger partial charge in [-0.25, -0.2) is 38.7 Å². The normalized spacial score (nSPS) is 19.3. The number of aryl methyl sites for hydroxylation is 3. The van der Waals surface area contributed by atoms with E-state index < -0.39 is 12.1 Å². The van der Waals surface area contributed by atoms with Gasteiger partial charge >= 0.3 is 36.4 Å². The van der Waals surface area contributed by atoms with Gasteiger partial charge in [0.25, 0.3) is 11.1 Å². The number of hydrogen-bond acceptors (Lipinski definition) is 14. The van der Waals surface area contributed by atoms with E-state index in [2.05, 4.69) is 166 Å². The van der Waals surface area contributed by atoms with Crippen LogP contribution in [0.15, 0.2) is 15.7 Å². The van der Waals surface area contributed by atoms with Crippen molar-refractivity contribution in [3.8, 4) is 0 Å². The fourth-order valence-electron chi connectivity index (χ4n) is 24.0. The second-order valence-electron chi connectivity index (χ2n) is 48.5. The maximum absolute atomic E-state index is 13.2. The van der Waals surface area contributed by atoms with Crippen molar-refractivity contribution in [2.24, 2.45) is 50.2 Å². The highest BCUT2D eigenvalue weighted by Gasteiger charge is 2.45. The Morgan fingerprint density at radius 1 is 0.347 bits per heavy atom. The van der Waals surface area contributed by atoms with Crippen LogP contribution in [-0.4, -0.2) is 128 Å². The van der Waals surface area contributed by atoms with Crippen molar-refractivity contribution < 1.29 is 47.7 Å². The van der Waals surface area contributed by atoms with Crippen LogP contribution in [0.5, 0.6) is 0 Å². The van der Waals surface area contributed by atoms with Crippen molar-refractivity contribution in [2.75, 3.05) is 58.4 Å². The Bertz CT molecular complexity index is 3760. The van der Waals surface area contributed by atoms with Gasteiger partial charge in [0.15, 0.2) is 0 Å². The number of nitrogens with zero attached hydrogens (tertiary/aromatic N) is 2. The number of rotatable bonds is 77. The fourth-order valence-corrected chi connectivity index (χ4v) is 24.0. The molecule has 0 spiro atoms. The third-order valence-electron chi connectivity index (χ3n) is 30.7. The van der Waals surface area contributed by atoms with Gasteiger partial charge in [-0.05, 0) is 167 Å². The first-order valence-electron chi connectivity index (χ1n) is 59.8. The first-order chi connectivity index (χ1) is 68.9. The van der Waals surface area contributed by atoms with Crippen molar-refractivity contribution in [3.63, 3.8) is 0 Å². The summed E-state index contributed by atoms with van der Waals surface area (Å²) in [6.07, 6.45) is 82.5. The summed E-state index contributed by atoms with van der Waals surface area (Å²) in [5.41, 5.74) is 0.760. The smallest absolute Gasteiger partial charge is 0.407 e. The molecule has 24 heteroatoms. The molecule has 5 rings (SSSR count). The van der Waals surface area contributed by atoms with Crippen LogP contribution < -0.4 is 53.7 Å². The summed E-state index contributed by atoms with van der Waals surface area (Å²) in [6, 6.07) is 0.786. The van der Waals surface area contributed by atoms with Crippen LogP contribution in [0.2, 0.25) is 0 Å². The molecule has 3 aliphatic carbocycles. The molecule has 8 unspecified atom stereocenters. The maximum Gasteiger partial charge on any atom is 0.407 e. The Morgan fingerprint density at radius 2 is 0.618 bits per heavy atom. The van der Waals surface area contributed by atoms with Gasteiger partial charge in [-0.1, -0.05) is 438 Å². The minimum atomic E-state index is -0.502. The molecule has 2 aromatic heterocycles. The third kappa shape index (κ3) is 67.4. The number of alkyl carbamates (subject to hydrolysis) is 4. The van der Waals surface area contributed by atoms with Gasteiger partial charge < -0.3 is 61.1 Å². The molecule has 2 heterocycles. The lowest BCUT2D eigenvalue weighted by molar-refractivity contribution is 0.0595. The number of H-pyrrole nitrogens is 2. The van der Waals surface area contributed by atoms with E-state index in [0.717, 1.165) is 83.5 Å². The topological polar surface area (TPSA) is 327 Å². The SMILES string of the molecule is CCCCCCCCCCC(CCCCCCCCCC)COC(=O)NC1CC(C)(C)CC(C)(CNC(=O)NC)C1.CCCCCCCCCCCCC(CCCCCCCCCC)COC(=O)NC1CC(C)(C)CC(C)(CNC(=O)Nc2nc(C)cc(=O)[nH]2)C1.CCCCCCCCCCCCC(CCCCCCCCCC)COC(=O)NC1CC(C)(C)CC(C)(CNC(=O)OCCc2c(C)nc(C)[nH]c2=O)C1. The lowest BCUT2D eigenvalue weighted by Crippen LogP contribution is -2.51. The van der Waals surface area contributed by atoms with Crippen molar-refractivity contribution in [3.05, 3.63) is 49.5 Å². The predicted molar refractivity (Wildman–Crippen MR) is 601 cm³/mol. The highest BCUT2D eigenvalue weighted by atomic mass is 16.6. The van der Waals surface area contributed by atoms with Gasteiger partial charge in [0.1, 0.15) is 5.82 Å². The average molecular weight is 2030 g/mol. The first kappa shape index (κ1) is 132. The van der Waals surface area contributed by atoms with Crippen molar-refractivity contribution >= 4 is 42.4 Å². The molecular formula is C120H224N12O12. The maximum atomic E-state index is 13.2. The Morgan fingerprint density at radius 3 is 0.889 bits per heavy atom. The molecule has 8 atom stereocenters. The minimum absolute atomic E-state index is 0.0118. The summed E-state index contributed by atoms with van der Waals surface area (Å²) in [4.78, 5) is 114. The number of unbranched alkanes of at least 4 members (excludes halogenated alkanes) is 46. The molecule has 0 aliphatic heterocycles. The molecule has 3 fully saturated rings. The van der Waals surface area contributed by atoms with Gasteiger partial charge in [-0.15, -0.1) is 0 Å². The molecular weight excluding hydrogens is 1800 g/mol. The summed E-state index contributed by atoms with van der Waals surface area (Å²) in [5, 5.41) is 23.8. The van der Waals surface area contributed by atoms with Crippen molar-refractivity contribution in [1.82, 2.24) is 57.2 Å². The van der Waals surface area contributed by atoms with Gasteiger partial charge in [-0.2, -0.15) is 0 Å². The van der Waals surface area contributed by atoms with Gasteiger partial charge in [-0.3, -0.25) is 19.9 Å². The number of anilines is 1. The predicted octanol–water partition coefficient (Wildman–Crippen LogP) is 32.3. The number of aromatic amines is 2. The second kappa shape index (κ2) is 78.6. The van der Waals surface area contributed by atoms with E-state index >= 15 is 0 Å². The molecule has 0 bridgehead atoms. The number of nitrogens with one attached hydrogen (secondary N) is 10. The zero-order chi connectivity index (χ0) is 106. The molecule has 3 saturated carbocycles. The summed E-state index contributed by atoms with van der Waals surface area (Å²) in [6.45, 7) is 41.9. The second-order valence-corrected chi connectivity index (χ2v) is 48.5. The zero-order valence-corrected chi connectivity index (χ0v) is 96.4. The highest BCUT2D eigenvalue weighted by molar-refractivity contribution is 5.87. The van der Waals surface area contributed by atoms with Crippen LogP contribution in [0.3, 0.4) is 0 Å². The number of carbonyl (C=O) groups excluding carboxylic acids is 6. The molecule has 0 saturated heterocycles. The standard InChI is InChI=1S/C44H80N4O5.C41H75N5O4.C35H69N3O3/c1-8-10-12-14-16-18-19-21-23-25-27-37(26-24-22-20-17-15-13-11-9-2)32-53-42(51)48-38-30-43(5,6)33-44(7,31-38)34-45-41(50)52-29-28-39-35(3)46-36(4)47-40(39)49;1-7-9-11-13-15-17-18-20-22-24-26-34(25-23-21-19-16-14-12-10-8-2)30-50-39(49)44-35-28-40(4,5)31-41(6,29-35)32-42-38(48)46-37-43-33(3)27-36(47)45-37;1-7-9-11-13-15-17-19-21-23-30(24-22-20-18-16-14-12-10-8-2)27-41-33(40)38-31-25-34(3,4)28-35(5,26-31)29-37-32(39)36-6/h37-38H,8-34H2,1-7H3,(H,45,50)(H,48,51)(H,46,47,49);27,34-35H,7-26,28-32H2,1-6H3,(H,44,49)(H3,42,43,45,46,47,48);30-31H,7-29H2,1-6H3,(H,38,40)(H2,36,37,39).